The molecule has 3 rings (SSSR count). The fourth-order valence-corrected chi connectivity index (χ4v) is 3.58. The van der Waals surface area contributed by atoms with Gasteiger partial charge in [-0.05, 0) is 43.0 Å². The number of hydrogen-bond donors (Lipinski definition) is 1. The van der Waals surface area contributed by atoms with Gasteiger partial charge < -0.3 is 15.2 Å². The van der Waals surface area contributed by atoms with Crippen LogP contribution in [0.1, 0.15) is 36.8 Å². The maximum atomic E-state index is 6.17. The second-order valence-corrected chi connectivity index (χ2v) is 6.22. The van der Waals surface area contributed by atoms with Crippen molar-refractivity contribution in [3.8, 4) is 5.75 Å². The number of nitrogens with two attached hydrogens (primary N) is 1. The Labute approximate surface area is 125 Å². The van der Waals surface area contributed by atoms with Crippen LogP contribution < -0.4 is 10.5 Å². The van der Waals surface area contributed by atoms with Crippen LogP contribution in [-0.2, 0) is 17.8 Å². The molecule has 0 aromatic heterocycles. The fraction of sp³-hybridized carbons (Fsp3) is 0.625. The van der Waals surface area contributed by atoms with Crippen LogP contribution in [0.25, 0.3) is 0 Å². The lowest BCUT2D eigenvalue weighted by Gasteiger charge is -2.30. The highest BCUT2D eigenvalue weighted by molar-refractivity contribution is 6.30. The van der Waals surface area contributed by atoms with Crippen LogP contribution in [0.2, 0.25) is 5.02 Å². The first-order valence-corrected chi connectivity index (χ1v) is 7.91. The molecule has 2 N–H and O–H groups in total. The molecule has 0 radical (unpaired) electrons. The number of ether oxygens (including phenoxy) is 2. The molecule has 2 aliphatic rings. The third kappa shape index (κ3) is 2.95. The zero-order valence-corrected chi connectivity index (χ0v) is 12.5. The fourth-order valence-electron chi connectivity index (χ4n) is 3.31. The molecular weight excluding hydrogens is 274 g/mol. The van der Waals surface area contributed by atoms with Gasteiger partial charge in [-0.3, -0.25) is 0 Å². The molecule has 3 nitrogen and oxygen atoms in total. The van der Waals surface area contributed by atoms with Gasteiger partial charge in [-0.15, -0.1) is 0 Å². The Morgan fingerprint density at radius 2 is 2.15 bits per heavy atom. The topological polar surface area (TPSA) is 44.5 Å². The molecule has 4 heteroatoms. The van der Waals surface area contributed by atoms with Crippen molar-refractivity contribution in [1.29, 1.82) is 0 Å². The van der Waals surface area contributed by atoms with E-state index in [1.54, 1.807) is 0 Å². The largest absolute Gasteiger partial charge is 0.493 e. The first-order chi connectivity index (χ1) is 9.78. The summed E-state index contributed by atoms with van der Waals surface area (Å²) in [5.74, 6) is 1.48. The Hall–Kier alpha value is -0.770. The maximum absolute atomic E-state index is 6.17. The molecule has 0 saturated heterocycles. The van der Waals surface area contributed by atoms with Gasteiger partial charge in [-0.2, -0.15) is 0 Å². The predicted molar refractivity (Wildman–Crippen MR) is 80.2 cm³/mol. The molecule has 1 aromatic carbocycles. The first-order valence-electron chi connectivity index (χ1n) is 7.53. The highest BCUT2D eigenvalue weighted by Gasteiger charge is 2.25. The monoisotopic (exact) mass is 295 g/mol. The van der Waals surface area contributed by atoms with Crippen LogP contribution in [0.5, 0.6) is 5.75 Å². The summed E-state index contributed by atoms with van der Waals surface area (Å²) < 4.78 is 11.8. The summed E-state index contributed by atoms with van der Waals surface area (Å²) in [5, 5.41) is 0.770. The highest BCUT2D eigenvalue weighted by atomic mass is 35.5. The minimum Gasteiger partial charge on any atom is -0.493 e. The van der Waals surface area contributed by atoms with Crippen LogP contribution in [0.4, 0.5) is 0 Å². The summed E-state index contributed by atoms with van der Waals surface area (Å²) in [6, 6.07) is 3.96. The predicted octanol–water partition coefficient (Wildman–Crippen LogP) is 3.31. The van der Waals surface area contributed by atoms with Crippen molar-refractivity contribution < 1.29 is 9.47 Å². The van der Waals surface area contributed by atoms with Gasteiger partial charge in [0.1, 0.15) is 5.75 Å². The van der Waals surface area contributed by atoms with Crippen LogP contribution in [0.3, 0.4) is 0 Å². The summed E-state index contributed by atoms with van der Waals surface area (Å²) >= 11 is 6.17. The van der Waals surface area contributed by atoms with Crippen LogP contribution >= 0.6 is 11.6 Å². The molecule has 1 aromatic rings. The minimum atomic E-state index is 0.282. The van der Waals surface area contributed by atoms with E-state index in [0.717, 1.165) is 42.3 Å². The van der Waals surface area contributed by atoms with E-state index in [1.807, 2.05) is 12.1 Å². The summed E-state index contributed by atoms with van der Waals surface area (Å²) in [5.41, 5.74) is 8.13. The van der Waals surface area contributed by atoms with Crippen molar-refractivity contribution in [2.45, 2.75) is 44.8 Å². The van der Waals surface area contributed by atoms with Gasteiger partial charge >= 0.3 is 0 Å². The Balaban J connectivity index is 1.69. The standard InChI is InChI=1S/C16H22ClNO2/c17-14-7-11-5-6-19-16(11)13(8-14)10-20-15-4-2-1-3-12(15)9-18/h7-8,12,15H,1-6,9-10,18H2. The van der Waals surface area contributed by atoms with E-state index < -0.39 is 0 Å². The van der Waals surface area contributed by atoms with Crippen molar-refractivity contribution in [1.82, 2.24) is 0 Å². The Morgan fingerprint density at radius 3 is 3.00 bits per heavy atom. The summed E-state index contributed by atoms with van der Waals surface area (Å²) in [4.78, 5) is 0. The Kier molecular flexibility index (Phi) is 4.49. The number of hydrogen-bond acceptors (Lipinski definition) is 3. The molecule has 1 aliphatic heterocycles. The van der Waals surface area contributed by atoms with Crippen LogP contribution in [0, 0.1) is 5.92 Å². The molecule has 20 heavy (non-hydrogen) atoms. The van der Waals surface area contributed by atoms with Crippen LogP contribution in [-0.4, -0.2) is 19.3 Å². The molecule has 1 heterocycles. The van der Waals surface area contributed by atoms with Crippen molar-refractivity contribution in [3.05, 3.63) is 28.3 Å². The normalized spacial score (nSPS) is 25.3. The number of rotatable bonds is 4. The van der Waals surface area contributed by atoms with Gasteiger partial charge in [0.25, 0.3) is 0 Å². The second-order valence-electron chi connectivity index (χ2n) is 5.78. The van der Waals surface area contributed by atoms with E-state index in [0.29, 0.717) is 12.5 Å². The van der Waals surface area contributed by atoms with Gasteiger partial charge in [0.15, 0.2) is 0 Å². The van der Waals surface area contributed by atoms with Crippen molar-refractivity contribution in [2.24, 2.45) is 11.7 Å². The average molecular weight is 296 g/mol. The molecule has 2 unspecified atom stereocenters. The van der Waals surface area contributed by atoms with E-state index in [2.05, 4.69) is 0 Å². The summed E-state index contributed by atoms with van der Waals surface area (Å²) in [6.45, 7) is 2.04. The average Bonchev–Trinajstić information content (AvgIpc) is 2.93. The molecule has 110 valence electrons. The molecular formula is C16H22ClNO2. The van der Waals surface area contributed by atoms with E-state index in [-0.39, 0.29) is 6.10 Å². The van der Waals surface area contributed by atoms with E-state index in [1.165, 1.54) is 24.8 Å². The van der Waals surface area contributed by atoms with Gasteiger partial charge in [0.2, 0.25) is 0 Å². The van der Waals surface area contributed by atoms with Gasteiger partial charge in [0.05, 0.1) is 19.3 Å². The lowest BCUT2D eigenvalue weighted by Crippen LogP contribution is -2.33. The molecule has 0 amide bonds. The Bertz CT molecular complexity index is 478. The quantitative estimate of drug-likeness (QED) is 0.927. The molecule has 0 spiro atoms. The second kappa shape index (κ2) is 6.33. The highest BCUT2D eigenvalue weighted by Crippen LogP contribution is 2.34. The van der Waals surface area contributed by atoms with E-state index in [9.17, 15) is 0 Å². The van der Waals surface area contributed by atoms with Gasteiger partial charge in [0, 0.05) is 17.0 Å². The molecule has 1 fully saturated rings. The van der Waals surface area contributed by atoms with Crippen molar-refractivity contribution in [3.63, 3.8) is 0 Å². The smallest absolute Gasteiger partial charge is 0.128 e. The zero-order valence-electron chi connectivity index (χ0n) is 11.7. The lowest BCUT2D eigenvalue weighted by atomic mass is 9.86. The van der Waals surface area contributed by atoms with Crippen molar-refractivity contribution >= 4 is 11.6 Å². The SMILES string of the molecule is NCC1CCCCC1OCc1cc(Cl)cc2c1OCC2. The first kappa shape index (κ1) is 14.2. The molecule has 1 saturated carbocycles. The van der Waals surface area contributed by atoms with E-state index >= 15 is 0 Å². The minimum absolute atomic E-state index is 0.282. The summed E-state index contributed by atoms with van der Waals surface area (Å²) in [7, 11) is 0. The number of benzene rings is 1. The Morgan fingerprint density at radius 1 is 1.30 bits per heavy atom. The third-order valence-electron chi connectivity index (χ3n) is 4.42. The lowest BCUT2D eigenvalue weighted by molar-refractivity contribution is -0.0189. The zero-order chi connectivity index (χ0) is 13.9. The third-order valence-corrected chi connectivity index (χ3v) is 4.64. The van der Waals surface area contributed by atoms with Gasteiger partial charge in [-0.1, -0.05) is 24.4 Å². The molecule has 2 atom stereocenters. The van der Waals surface area contributed by atoms with Crippen LogP contribution in [0.15, 0.2) is 12.1 Å². The maximum Gasteiger partial charge on any atom is 0.128 e. The number of halogens is 1. The van der Waals surface area contributed by atoms with Gasteiger partial charge in [-0.25, -0.2) is 0 Å². The molecule has 0 bridgehead atoms. The van der Waals surface area contributed by atoms with Crippen molar-refractivity contribution in [2.75, 3.05) is 13.2 Å². The molecule has 1 aliphatic carbocycles. The van der Waals surface area contributed by atoms with E-state index in [4.69, 9.17) is 26.8 Å². The summed E-state index contributed by atoms with van der Waals surface area (Å²) in [6.07, 6.45) is 6.04. The number of fused-ring (bicyclic) bond motifs is 1.